The zero-order valence-corrected chi connectivity index (χ0v) is 18.1. The molecule has 0 saturated carbocycles. The third-order valence-electron chi connectivity index (χ3n) is 5.32. The summed E-state index contributed by atoms with van der Waals surface area (Å²) in [6, 6.07) is 10.5. The lowest BCUT2D eigenvalue weighted by Crippen LogP contribution is -2.07. The first-order valence-corrected chi connectivity index (χ1v) is 11.0. The number of aromatic amines is 1. The summed E-state index contributed by atoms with van der Waals surface area (Å²) in [4.78, 5) is 9.03. The van der Waals surface area contributed by atoms with E-state index in [9.17, 15) is 0 Å². The number of aromatic nitrogens is 8. The van der Waals surface area contributed by atoms with Gasteiger partial charge in [-0.2, -0.15) is 5.10 Å². The number of rotatable bonds is 10. The molecule has 0 amide bonds. The normalized spacial score (nSPS) is 11.2. The van der Waals surface area contributed by atoms with E-state index in [2.05, 4.69) is 68.4 Å². The van der Waals surface area contributed by atoms with E-state index >= 15 is 0 Å². The fourth-order valence-electron chi connectivity index (χ4n) is 3.58. The Kier molecular flexibility index (Phi) is 6.76. The second kappa shape index (κ2) is 10.1. The molecule has 0 unspecified atom stereocenters. The molecule has 31 heavy (non-hydrogen) atoms. The van der Waals surface area contributed by atoms with Crippen molar-refractivity contribution < 1.29 is 0 Å². The van der Waals surface area contributed by atoms with Crippen molar-refractivity contribution in [3.8, 4) is 22.5 Å². The number of benzene rings is 1. The molecule has 0 radical (unpaired) electrons. The standard InChI is InChI=1S/C23H28N8/c1-3-5-7-21-25-22(8-6-4-2)31(28-21)16-17-9-11-18(12-10-17)19-13-14-24-15-20(19)23-26-29-30-27-23/h9-15H,3-8,16H2,1-2H3,(H,26,27,29,30). The van der Waals surface area contributed by atoms with E-state index in [4.69, 9.17) is 10.1 Å². The second-order valence-electron chi connectivity index (χ2n) is 7.68. The van der Waals surface area contributed by atoms with Crippen molar-refractivity contribution in [1.29, 1.82) is 0 Å². The van der Waals surface area contributed by atoms with Crippen LogP contribution in [0, 0.1) is 0 Å². The van der Waals surface area contributed by atoms with E-state index in [1.165, 1.54) is 5.56 Å². The molecular weight excluding hydrogens is 388 g/mol. The number of tetrazole rings is 1. The van der Waals surface area contributed by atoms with Gasteiger partial charge < -0.3 is 0 Å². The molecular formula is C23H28N8. The molecule has 3 heterocycles. The van der Waals surface area contributed by atoms with Crippen molar-refractivity contribution in [1.82, 2.24) is 40.4 Å². The Morgan fingerprint density at radius 3 is 2.48 bits per heavy atom. The van der Waals surface area contributed by atoms with E-state index in [0.29, 0.717) is 5.82 Å². The van der Waals surface area contributed by atoms with Crippen LogP contribution in [0.25, 0.3) is 22.5 Å². The summed E-state index contributed by atoms with van der Waals surface area (Å²) in [6.45, 7) is 5.14. The van der Waals surface area contributed by atoms with Crippen LogP contribution in [0.5, 0.6) is 0 Å². The maximum Gasteiger partial charge on any atom is 0.181 e. The molecule has 8 nitrogen and oxygen atoms in total. The summed E-state index contributed by atoms with van der Waals surface area (Å²) in [6.07, 6.45) is 10.0. The van der Waals surface area contributed by atoms with E-state index in [1.807, 2.05) is 6.07 Å². The van der Waals surface area contributed by atoms with Crippen LogP contribution >= 0.6 is 0 Å². The number of unbranched alkanes of at least 4 members (excludes halogenated alkanes) is 2. The van der Waals surface area contributed by atoms with Gasteiger partial charge in [-0.3, -0.25) is 4.98 Å². The minimum absolute atomic E-state index is 0.606. The van der Waals surface area contributed by atoms with Crippen LogP contribution in [0.2, 0.25) is 0 Å². The van der Waals surface area contributed by atoms with Gasteiger partial charge in [0.15, 0.2) is 11.6 Å². The Balaban J connectivity index is 1.55. The van der Waals surface area contributed by atoms with E-state index in [1.54, 1.807) is 12.4 Å². The van der Waals surface area contributed by atoms with Gasteiger partial charge in [0.05, 0.1) is 6.54 Å². The van der Waals surface area contributed by atoms with Gasteiger partial charge in [0.1, 0.15) is 5.82 Å². The Labute approximate surface area is 182 Å². The zero-order chi connectivity index (χ0) is 21.5. The van der Waals surface area contributed by atoms with Crippen molar-refractivity contribution in [2.75, 3.05) is 0 Å². The molecule has 0 aliphatic carbocycles. The molecule has 4 rings (SSSR count). The first-order valence-electron chi connectivity index (χ1n) is 11.0. The van der Waals surface area contributed by atoms with Crippen LogP contribution in [0.3, 0.4) is 0 Å². The molecule has 4 aromatic rings. The SMILES string of the molecule is CCCCc1nc(CCCC)n(Cc2ccc(-c3ccncc3-c3nnn[nH]3)cc2)n1. The molecule has 0 aliphatic rings. The topological polar surface area (TPSA) is 98.1 Å². The quantitative estimate of drug-likeness (QED) is 0.415. The number of hydrogen-bond acceptors (Lipinski definition) is 6. The Morgan fingerprint density at radius 2 is 1.74 bits per heavy atom. The number of pyridine rings is 1. The number of hydrogen-bond donors (Lipinski definition) is 1. The Morgan fingerprint density at radius 1 is 0.935 bits per heavy atom. The van der Waals surface area contributed by atoms with Crippen LogP contribution in [0.1, 0.15) is 56.7 Å². The lowest BCUT2D eigenvalue weighted by Gasteiger charge is -2.09. The van der Waals surface area contributed by atoms with E-state index in [-0.39, 0.29) is 0 Å². The third-order valence-corrected chi connectivity index (χ3v) is 5.32. The van der Waals surface area contributed by atoms with Crippen LogP contribution < -0.4 is 0 Å². The predicted octanol–water partition coefficient (Wildman–Crippen LogP) is 4.25. The first kappa shape index (κ1) is 20.8. The van der Waals surface area contributed by atoms with Gasteiger partial charge in [-0.1, -0.05) is 51.0 Å². The molecule has 0 aliphatic heterocycles. The lowest BCUT2D eigenvalue weighted by atomic mass is 10.00. The van der Waals surface area contributed by atoms with Gasteiger partial charge in [0, 0.05) is 30.8 Å². The monoisotopic (exact) mass is 416 g/mol. The van der Waals surface area contributed by atoms with Crippen molar-refractivity contribution in [3.63, 3.8) is 0 Å². The highest BCUT2D eigenvalue weighted by atomic mass is 15.5. The smallest absolute Gasteiger partial charge is 0.181 e. The highest BCUT2D eigenvalue weighted by Crippen LogP contribution is 2.29. The summed E-state index contributed by atoms with van der Waals surface area (Å²) in [5.74, 6) is 2.66. The fourth-order valence-corrected chi connectivity index (χ4v) is 3.58. The maximum atomic E-state index is 4.81. The molecule has 0 spiro atoms. The van der Waals surface area contributed by atoms with Crippen molar-refractivity contribution >= 4 is 0 Å². The largest absolute Gasteiger partial charge is 0.264 e. The average Bonchev–Trinajstić information content (AvgIpc) is 3.47. The van der Waals surface area contributed by atoms with Gasteiger partial charge in [0.2, 0.25) is 0 Å². The summed E-state index contributed by atoms with van der Waals surface area (Å²) < 4.78 is 2.08. The highest BCUT2D eigenvalue weighted by molar-refractivity contribution is 5.79. The fraction of sp³-hybridized carbons (Fsp3) is 0.391. The summed E-state index contributed by atoms with van der Waals surface area (Å²) >= 11 is 0. The Hall–Kier alpha value is -3.42. The van der Waals surface area contributed by atoms with Gasteiger partial charge in [-0.25, -0.2) is 14.8 Å². The molecule has 1 N–H and O–H groups in total. The molecule has 0 atom stereocenters. The third kappa shape index (κ3) is 5.02. The maximum absolute atomic E-state index is 4.81. The molecule has 1 aromatic carbocycles. The predicted molar refractivity (Wildman–Crippen MR) is 119 cm³/mol. The van der Waals surface area contributed by atoms with Gasteiger partial charge in [-0.05, 0) is 46.0 Å². The van der Waals surface area contributed by atoms with Gasteiger partial charge >= 0.3 is 0 Å². The number of aryl methyl sites for hydroxylation is 2. The molecule has 0 fully saturated rings. The summed E-state index contributed by atoms with van der Waals surface area (Å²) in [5.41, 5.74) is 4.20. The van der Waals surface area contributed by atoms with Crippen LogP contribution in [0.15, 0.2) is 42.7 Å². The van der Waals surface area contributed by atoms with Crippen molar-refractivity contribution in [2.24, 2.45) is 0 Å². The van der Waals surface area contributed by atoms with Gasteiger partial charge in [-0.15, -0.1) is 5.10 Å². The van der Waals surface area contributed by atoms with E-state index in [0.717, 1.165) is 73.4 Å². The summed E-state index contributed by atoms with van der Waals surface area (Å²) in [7, 11) is 0. The van der Waals surface area contributed by atoms with Gasteiger partial charge in [0.25, 0.3) is 0 Å². The second-order valence-corrected chi connectivity index (χ2v) is 7.68. The minimum atomic E-state index is 0.606. The number of nitrogens with one attached hydrogen (secondary N) is 1. The molecule has 3 aromatic heterocycles. The average molecular weight is 417 g/mol. The van der Waals surface area contributed by atoms with Crippen LogP contribution in [-0.2, 0) is 19.4 Å². The van der Waals surface area contributed by atoms with Crippen molar-refractivity contribution in [3.05, 3.63) is 59.9 Å². The van der Waals surface area contributed by atoms with Crippen LogP contribution in [0.4, 0.5) is 0 Å². The zero-order valence-electron chi connectivity index (χ0n) is 18.1. The lowest BCUT2D eigenvalue weighted by molar-refractivity contribution is 0.612. The highest BCUT2D eigenvalue weighted by Gasteiger charge is 2.12. The number of nitrogens with zero attached hydrogens (tertiary/aromatic N) is 7. The molecule has 0 bridgehead atoms. The first-order chi connectivity index (χ1) is 15.3. The Bertz CT molecular complexity index is 1080. The molecule has 0 saturated heterocycles. The summed E-state index contributed by atoms with van der Waals surface area (Å²) in [5, 5.41) is 19.0. The van der Waals surface area contributed by atoms with E-state index < -0.39 is 0 Å². The number of H-pyrrole nitrogens is 1. The van der Waals surface area contributed by atoms with Crippen LogP contribution in [-0.4, -0.2) is 40.4 Å². The minimum Gasteiger partial charge on any atom is -0.264 e. The molecule has 160 valence electrons. The van der Waals surface area contributed by atoms with Crippen molar-refractivity contribution in [2.45, 2.75) is 58.9 Å². The molecule has 8 heteroatoms.